The third-order valence-corrected chi connectivity index (χ3v) is 3.49. The van der Waals surface area contributed by atoms with Crippen LogP contribution in [0.15, 0.2) is 24.3 Å². The van der Waals surface area contributed by atoms with Gasteiger partial charge in [0.2, 0.25) is 0 Å². The summed E-state index contributed by atoms with van der Waals surface area (Å²) >= 11 is 0. The minimum atomic E-state index is 0.577. The lowest BCUT2D eigenvalue weighted by Gasteiger charge is -2.26. The Morgan fingerprint density at radius 1 is 1.21 bits per heavy atom. The fraction of sp³-hybridized carbons (Fsp3) is 0.562. The van der Waals surface area contributed by atoms with Gasteiger partial charge in [-0.3, -0.25) is 4.90 Å². The number of rotatable bonds is 7. The van der Waals surface area contributed by atoms with Gasteiger partial charge in [-0.05, 0) is 50.0 Å². The van der Waals surface area contributed by atoms with Crippen molar-refractivity contribution in [2.45, 2.75) is 38.6 Å². The molecule has 0 amide bonds. The van der Waals surface area contributed by atoms with Crippen molar-refractivity contribution in [2.75, 3.05) is 19.7 Å². The number of carbonyl (C=O) groups is 1. The van der Waals surface area contributed by atoms with Crippen LogP contribution in [0.25, 0.3) is 0 Å². The first-order valence-corrected chi connectivity index (χ1v) is 7.26. The van der Waals surface area contributed by atoms with Crippen LogP contribution in [0.5, 0.6) is 5.75 Å². The number of carbonyl (C=O) groups excluding carboxylic acids is 1. The molecule has 0 radical (unpaired) electrons. The maximum absolute atomic E-state index is 10.2. The van der Waals surface area contributed by atoms with Crippen molar-refractivity contribution in [3.63, 3.8) is 0 Å². The second kappa shape index (κ2) is 7.95. The van der Waals surface area contributed by atoms with Crippen LogP contribution < -0.4 is 4.74 Å². The number of aldehydes is 1. The number of hydrogen-bond acceptors (Lipinski definition) is 3. The van der Waals surface area contributed by atoms with Crippen LogP contribution in [0.3, 0.4) is 0 Å². The van der Waals surface area contributed by atoms with Crippen molar-refractivity contribution in [3.05, 3.63) is 29.8 Å². The molecule has 19 heavy (non-hydrogen) atoms. The van der Waals surface area contributed by atoms with Gasteiger partial charge in [0, 0.05) is 13.0 Å². The normalized spacial score (nSPS) is 16.2. The molecule has 1 fully saturated rings. The fourth-order valence-corrected chi connectivity index (χ4v) is 2.47. The minimum Gasteiger partial charge on any atom is -0.494 e. The summed E-state index contributed by atoms with van der Waals surface area (Å²) in [6.45, 7) is 4.06. The molecule has 104 valence electrons. The highest BCUT2D eigenvalue weighted by atomic mass is 16.5. The van der Waals surface area contributed by atoms with E-state index in [9.17, 15) is 4.79 Å². The molecule has 3 nitrogen and oxygen atoms in total. The Kier molecular flexibility index (Phi) is 5.89. The second-order valence-electron chi connectivity index (χ2n) is 5.14. The van der Waals surface area contributed by atoms with E-state index in [1.807, 2.05) is 12.1 Å². The highest BCUT2D eigenvalue weighted by molar-refractivity contribution is 5.49. The monoisotopic (exact) mass is 261 g/mol. The van der Waals surface area contributed by atoms with E-state index in [2.05, 4.69) is 17.0 Å². The van der Waals surface area contributed by atoms with E-state index < -0.39 is 0 Å². The van der Waals surface area contributed by atoms with Gasteiger partial charge in [-0.1, -0.05) is 18.6 Å². The molecule has 0 aliphatic carbocycles. The average molecular weight is 261 g/mol. The number of benzene rings is 1. The highest BCUT2D eigenvalue weighted by Gasteiger charge is 2.10. The smallest absolute Gasteiger partial charge is 0.120 e. The highest BCUT2D eigenvalue weighted by Crippen LogP contribution is 2.17. The van der Waals surface area contributed by atoms with Gasteiger partial charge in [0.05, 0.1) is 6.61 Å². The molecule has 1 aromatic carbocycles. The van der Waals surface area contributed by atoms with Gasteiger partial charge in [-0.25, -0.2) is 0 Å². The molecule has 1 aromatic rings. The molecule has 0 bridgehead atoms. The van der Waals surface area contributed by atoms with E-state index in [1.165, 1.54) is 37.9 Å². The van der Waals surface area contributed by atoms with E-state index in [-0.39, 0.29) is 0 Å². The minimum absolute atomic E-state index is 0.577. The molecule has 0 aromatic heterocycles. The van der Waals surface area contributed by atoms with Gasteiger partial charge in [0.15, 0.2) is 0 Å². The van der Waals surface area contributed by atoms with Crippen LogP contribution in [0.4, 0.5) is 0 Å². The predicted octanol–water partition coefficient (Wildman–Crippen LogP) is 3.03. The standard InChI is InChI=1S/C16H23NO2/c18-11-4-5-12-19-16-8-6-7-15(13-16)14-17-9-2-1-3-10-17/h6-8,11,13H,1-5,9-10,12,14H2. The lowest BCUT2D eigenvalue weighted by Crippen LogP contribution is -2.29. The van der Waals surface area contributed by atoms with Gasteiger partial charge >= 0.3 is 0 Å². The first kappa shape index (κ1) is 14.1. The van der Waals surface area contributed by atoms with E-state index in [0.29, 0.717) is 13.0 Å². The van der Waals surface area contributed by atoms with Crippen LogP contribution in [-0.4, -0.2) is 30.9 Å². The van der Waals surface area contributed by atoms with Crippen LogP contribution in [0.1, 0.15) is 37.7 Å². The Morgan fingerprint density at radius 2 is 2.05 bits per heavy atom. The molecular formula is C16H23NO2. The fourth-order valence-electron chi connectivity index (χ4n) is 2.47. The Bertz CT molecular complexity index is 386. The molecule has 0 unspecified atom stereocenters. The van der Waals surface area contributed by atoms with Crippen molar-refractivity contribution in [1.29, 1.82) is 0 Å². The Labute approximate surface area is 115 Å². The largest absolute Gasteiger partial charge is 0.494 e. The van der Waals surface area contributed by atoms with Crippen LogP contribution >= 0.6 is 0 Å². The summed E-state index contributed by atoms with van der Waals surface area (Å²) in [5.74, 6) is 0.917. The first-order valence-electron chi connectivity index (χ1n) is 7.26. The average Bonchev–Trinajstić information content (AvgIpc) is 2.45. The number of hydrogen-bond donors (Lipinski definition) is 0. The van der Waals surface area contributed by atoms with Crippen molar-refractivity contribution in [2.24, 2.45) is 0 Å². The zero-order valence-electron chi connectivity index (χ0n) is 11.5. The molecule has 1 heterocycles. The Balaban J connectivity index is 1.81. The number of piperidine rings is 1. The van der Waals surface area contributed by atoms with Crippen molar-refractivity contribution in [3.8, 4) is 5.75 Å². The summed E-state index contributed by atoms with van der Waals surface area (Å²) in [5.41, 5.74) is 1.31. The predicted molar refractivity (Wildman–Crippen MR) is 76.4 cm³/mol. The second-order valence-corrected chi connectivity index (χ2v) is 5.14. The Morgan fingerprint density at radius 3 is 2.84 bits per heavy atom. The zero-order valence-corrected chi connectivity index (χ0v) is 11.5. The lowest BCUT2D eigenvalue weighted by atomic mass is 10.1. The van der Waals surface area contributed by atoms with Crippen LogP contribution in [0, 0.1) is 0 Å². The lowest BCUT2D eigenvalue weighted by molar-refractivity contribution is -0.108. The summed E-state index contributed by atoms with van der Waals surface area (Å²) in [5, 5.41) is 0. The van der Waals surface area contributed by atoms with Crippen molar-refractivity contribution < 1.29 is 9.53 Å². The maximum Gasteiger partial charge on any atom is 0.120 e. The van der Waals surface area contributed by atoms with Crippen molar-refractivity contribution >= 4 is 6.29 Å². The molecule has 0 spiro atoms. The summed E-state index contributed by atoms with van der Waals surface area (Å²) in [4.78, 5) is 12.7. The molecule has 2 rings (SSSR count). The van der Waals surface area contributed by atoms with E-state index in [1.54, 1.807) is 0 Å². The molecule has 0 saturated carbocycles. The molecule has 3 heteroatoms. The molecule has 1 saturated heterocycles. The van der Waals surface area contributed by atoms with Gasteiger partial charge in [-0.2, -0.15) is 0 Å². The topological polar surface area (TPSA) is 29.5 Å². The quantitative estimate of drug-likeness (QED) is 0.558. The van der Waals surface area contributed by atoms with Crippen LogP contribution in [-0.2, 0) is 11.3 Å². The molecular weight excluding hydrogens is 238 g/mol. The third-order valence-electron chi connectivity index (χ3n) is 3.49. The summed E-state index contributed by atoms with van der Waals surface area (Å²) in [7, 11) is 0. The first-order chi connectivity index (χ1) is 9.38. The van der Waals surface area contributed by atoms with E-state index >= 15 is 0 Å². The van der Waals surface area contributed by atoms with Gasteiger partial charge in [0.1, 0.15) is 12.0 Å². The van der Waals surface area contributed by atoms with Gasteiger partial charge < -0.3 is 9.53 Å². The van der Waals surface area contributed by atoms with E-state index in [0.717, 1.165) is 25.0 Å². The SMILES string of the molecule is O=CCCCOc1cccc(CN2CCCCC2)c1. The van der Waals surface area contributed by atoms with Crippen molar-refractivity contribution in [1.82, 2.24) is 4.90 Å². The number of ether oxygens (including phenoxy) is 1. The zero-order chi connectivity index (χ0) is 13.3. The molecule has 0 N–H and O–H groups in total. The molecule has 0 atom stereocenters. The summed E-state index contributed by atoms with van der Waals surface area (Å²) in [6, 6.07) is 8.32. The summed E-state index contributed by atoms with van der Waals surface area (Å²) < 4.78 is 5.66. The molecule has 1 aliphatic heterocycles. The van der Waals surface area contributed by atoms with Crippen LogP contribution in [0.2, 0.25) is 0 Å². The van der Waals surface area contributed by atoms with Gasteiger partial charge in [-0.15, -0.1) is 0 Å². The third kappa shape index (κ3) is 5.03. The Hall–Kier alpha value is -1.35. The maximum atomic E-state index is 10.2. The summed E-state index contributed by atoms with van der Waals surface area (Å²) in [6.07, 6.45) is 6.32. The molecule has 1 aliphatic rings. The number of likely N-dealkylation sites (tertiary alicyclic amines) is 1. The van der Waals surface area contributed by atoms with E-state index in [4.69, 9.17) is 4.74 Å². The number of unbranched alkanes of at least 4 members (excludes halogenated alkanes) is 1. The number of nitrogens with zero attached hydrogens (tertiary/aromatic N) is 1. The van der Waals surface area contributed by atoms with Gasteiger partial charge in [0.25, 0.3) is 0 Å².